The van der Waals surface area contributed by atoms with E-state index < -0.39 is 0 Å². The van der Waals surface area contributed by atoms with Gasteiger partial charge in [-0.3, -0.25) is 4.79 Å². The monoisotopic (exact) mass is 297 g/mol. The van der Waals surface area contributed by atoms with Gasteiger partial charge in [-0.1, -0.05) is 19.4 Å². The minimum absolute atomic E-state index is 0.0565. The number of carbonyl (C=O) groups is 1. The SMILES string of the molecule is CCCC(CCCl)CNC(=O)c1ccc(C)c(OC)c1. The average molecular weight is 298 g/mol. The van der Waals surface area contributed by atoms with Crippen LogP contribution in [0.25, 0.3) is 0 Å². The lowest BCUT2D eigenvalue weighted by Crippen LogP contribution is -2.29. The molecule has 0 aliphatic rings. The number of hydrogen-bond acceptors (Lipinski definition) is 2. The Morgan fingerprint density at radius 1 is 1.40 bits per heavy atom. The Balaban J connectivity index is 2.61. The summed E-state index contributed by atoms with van der Waals surface area (Å²) in [6, 6.07) is 5.50. The number of benzene rings is 1. The van der Waals surface area contributed by atoms with E-state index in [0.717, 1.165) is 30.6 Å². The van der Waals surface area contributed by atoms with Crippen LogP contribution in [0.5, 0.6) is 5.75 Å². The molecule has 1 unspecified atom stereocenters. The van der Waals surface area contributed by atoms with Crippen molar-refractivity contribution in [1.82, 2.24) is 5.32 Å². The first-order valence-corrected chi connectivity index (χ1v) is 7.64. The summed E-state index contributed by atoms with van der Waals surface area (Å²) < 4.78 is 5.24. The number of methoxy groups -OCH3 is 1. The van der Waals surface area contributed by atoms with E-state index in [1.807, 2.05) is 19.1 Å². The highest BCUT2D eigenvalue weighted by atomic mass is 35.5. The Labute approximate surface area is 126 Å². The Kier molecular flexibility index (Phi) is 7.45. The minimum Gasteiger partial charge on any atom is -0.496 e. The fourth-order valence-electron chi connectivity index (χ4n) is 2.21. The Bertz CT molecular complexity index is 428. The van der Waals surface area contributed by atoms with E-state index in [2.05, 4.69) is 12.2 Å². The predicted octanol–water partition coefficient (Wildman–Crippen LogP) is 3.78. The molecular weight excluding hydrogens is 274 g/mol. The summed E-state index contributed by atoms with van der Waals surface area (Å²) in [7, 11) is 1.61. The summed E-state index contributed by atoms with van der Waals surface area (Å²) in [4.78, 5) is 12.1. The number of carbonyl (C=O) groups excluding carboxylic acids is 1. The zero-order valence-corrected chi connectivity index (χ0v) is 13.3. The summed E-state index contributed by atoms with van der Waals surface area (Å²) in [5.41, 5.74) is 1.66. The van der Waals surface area contributed by atoms with E-state index in [9.17, 15) is 4.79 Å². The molecule has 0 aromatic heterocycles. The summed E-state index contributed by atoms with van der Waals surface area (Å²) in [5, 5.41) is 2.99. The fourth-order valence-corrected chi connectivity index (χ4v) is 2.52. The van der Waals surface area contributed by atoms with Crippen LogP contribution in [0.4, 0.5) is 0 Å². The molecule has 0 radical (unpaired) electrons. The zero-order valence-electron chi connectivity index (χ0n) is 12.5. The van der Waals surface area contributed by atoms with Crippen molar-refractivity contribution < 1.29 is 9.53 Å². The molecule has 1 atom stereocenters. The molecule has 0 fully saturated rings. The third-order valence-corrected chi connectivity index (χ3v) is 3.65. The van der Waals surface area contributed by atoms with Crippen LogP contribution in [-0.4, -0.2) is 25.4 Å². The van der Waals surface area contributed by atoms with Gasteiger partial charge < -0.3 is 10.1 Å². The largest absolute Gasteiger partial charge is 0.496 e. The number of hydrogen-bond donors (Lipinski definition) is 1. The summed E-state index contributed by atoms with van der Waals surface area (Å²) in [5.74, 6) is 1.77. The van der Waals surface area contributed by atoms with Gasteiger partial charge in [0, 0.05) is 18.0 Å². The molecular formula is C16H24ClNO2. The van der Waals surface area contributed by atoms with Crippen LogP contribution in [0, 0.1) is 12.8 Å². The molecule has 112 valence electrons. The summed E-state index contributed by atoms with van der Waals surface area (Å²) in [6.07, 6.45) is 3.13. The van der Waals surface area contributed by atoms with Crippen LogP contribution in [0.2, 0.25) is 0 Å². The van der Waals surface area contributed by atoms with Crippen molar-refractivity contribution in [2.24, 2.45) is 5.92 Å². The Hall–Kier alpha value is -1.22. The number of nitrogens with one attached hydrogen (secondary N) is 1. The molecule has 4 heteroatoms. The molecule has 1 rings (SSSR count). The highest BCUT2D eigenvalue weighted by Gasteiger charge is 2.12. The van der Waals surface area contributed by atoms with Crippen LogP contribution in [-0.2, 0) is 0 Å². The highest BCUT2D eigenvalue weighted by Crippen LogP contribution is 2.19. The molecule has 0 aliphatic heterocycles. The first-order valence-electron chi connectivity index (χ1n) is 7.11. The molecule has 1 N–H and O–H groups in total. The van der Waals surface area contributed by atoms with E-state index in [1.54, 1.807) is 13.2 Å². The third kappa shape index (κ3) is 5.04. The van der Waals surface area contributed by atoms with Crippen LogP contribution >= 0.6 is 11.6 Å². The number of ether oxygens (including phenoxy) is 1. The van der Waals surface area contributed by atoms with Crippen LogP contribution < -0.4 is 10.1 Å². The van der Waals surface area contributed by atoms with Gasteiger partial charge in [0.2, 0.25) is 0 Å². The van der Waals surface area contributed by atoms with Gasteiger partial charge in [0.1, 0.15) is 5.75 Å². The van der Waals surface area contributed by atoms with Crippen molar-refractivity contribution in [3.05, 3.63) is 29.3 Å². The van der Waals surface area contributed by atoms with Crippen molar-refractivity contribution in [2.75, 3.05) is 19.5 Å². The van der Waals surface area contributed by atoms with Gasteiger partial charge in [0.25, 0.3) is 5.91 Å². The van der Waals surface area contributed by atoms with Crippen LogP contribution in [0.1, 0.15) is 42.1 Å². The lowest BCUT2D eigenvalue weighted by Gasteiger charge is -2.16. The Morgan fingerprint density at radius 3 is 2.75 bits per heavy atom. The van der Waals surface area contributed by atoms with Gasteiger partial charge in [-0.25, -0.2) is 0 Å². The second-order valence-corrected chi connectivity index (χ2v) is 5.40. The van der Waals surface area contributed by atoms with Crippen molar-refractivity contribution >= 4 is 17.5 Å². The second-order valence-electron chi connectivity index (χ2n) is 5.03. The van der Waals surface area contributed by atoms with Gasteiger partial charge >= 0.3 is 0 Å². The lowest BCUT2D eigenvalue weighted by atomic mass is 10.0. The topological polar surface area (TPSA) is 38.3 Å². The molecule has 1 amide bonds. The lowest BCUT2D eigenvalue weighted by molar-refractivity contribution is 0.0945. The van der Waals surface area contributed by atoms with E-state index in [-0.39, 0.29) is 5.91 Å². The molecule has 0 aliphatic carbocycles. The van der Waals surface area contributed by atoms with Crippen molar-refractivity contribution in [3.8, 4) is 5.75 Å². The maximum atomic E-state index is 12.1. The molecule has 0 spiro atoms. The molecule has 1 aromatic rings. The average Bonchev–Trinajstić information content (AvgIpc) is 2.45. The molecule has 20 heavy (non-hydrogen) atoms. The van der Waals surface area contributed by atoms with Gasteiger partial charge in [0.15, 0.2) is 0 Å². The van der Waals surface area contributed by atoms with Gasteiger partial charge in [-0.05, 0) is 43.4 Å². The third-order valence-electron chi connectivity index (χ3n) is 3.44. The predicted molar refractivity (Wildman–Crippen MR) is 83.8 cm³/mol. The van der Waals surface area contributed by atoms with Crippen molar-refractivity contribution in [1.29, 1.82) is 0 Å². The number of rotatable bonds is 8. The van der Waals surface area contributed by atoms with E-state index in [0.29, 0.717) is 23.9 Å². The minimum atomic E-state index is -0.0565. The number of halogens is 1. The van der Waals surface area contributed by atoms with Gasteiger partial charge in [-0.2, -0.15) is 0 Å². The van der Waals surface area contributed by atoms with Crippen LogP contribution in [0.3, 0.4) is 0 Å². The molecule has 1 aromatic carbocycles. The molecule has 0 heterocycles. The van der Waals surface area contributed by atoms with E-state index in [1.165, 1.54) is 0 Å². The standard InChI is InChI=1S/C16H24ClNO2/c1-4-5-13(8-9-17)11-18-16(19)14-7-6-12(2)15(10-14)20-3/h6-7,10,13H,4-5,8-9,11H2,1-3H3,(H,18,19). The number of alkyl halides is 1. The van der Waals surface area contributed by atoms with E-state index in [4.69, 9.17) is 16.3 Å². The Morgan fingerprint density at radius 2 is 2.15 bits per heavy atom. The smallest absolute Gasteiger partial charge is 0.251 e. The first kappa shape index (κ1) is 16.8. The quantitative estimate of drug-likeness (QED) is 0.742. The summed E-state index contributed by atoms with van der Waals surface area (Å²) in [6.45, 7) is 4.78. The maximum Gasteiger partial charge on any atom is 0.251 e. The van der Waals surface area contributed by atoms with Crippen LogP contribution in [0.15, 0.2) is 18.2 Å². The van der Waals surface area contributed by atoms with Crippen molar-refractivity contribution in [2.45, 2.75) is 33.1 Å². The molecule has 0 bridgehead atoms. The highest BCUT2D eigenvalue weighted by molar-refractivity contribution is 6.17. The normalized spacial score (nSPS) is 12.0. The van der Waals surface area contributed by atoms with Crippen molar-refractivity contribution in [3.63, 3.8) is 0 Å². The van der Waals surface area contributed by atoms with Gasteiger partial charge in [-0.15, -0.1) is 11.6 Å². The number of aryl methyl sites for hydroxylation is 1. The molecule has 3 nitrogen and oxygen atoms in total. The first-order chi connectivity index (χ1) is 9.62. The zero-order chi connectivity index (χ0) is 15.0. The number of amides is 1. The van der Waals surface area contributed by atoms with E-state index >= 15 is 0 Å². The fraction of sp³-hybridized carbons (Fsp3) is 0.562. The molecule has 0 saturated heterocycles. The molecule has 0 saturated carbocycles. The maximum absolute atomic E-state index is 12.1. The summed E-state index contributed by atoms with van der Waals surface area (Å²) >= 11 is 5.79. The van der Waals surface area contributed by atoms with Gasteiger partial charge in [0.05, 0.1) is 7.11 Å². The second kappa shape index (κ2) is 8.85.